The minimum absolute atomic E-state index is 0.0394. The predicted molar refractivity (Wildman–Crippen MR) is 104 cm³/mol. The van der Waals surface area contributed by atoms with Crippen LogP contribution in [0.4, 0.5) is 4.39 Å². The molecule has 2 rings (SSSR count). The Morgan fingerprint density at radius 3 is 2.29 bits per heavy atom. The summed E-state index contributed by atoms with van der Waals surface area (Å²) in [5.74, 6) is -1.36. The van der Waals surface area contributed by atoms with E-state index in [9.17, 15) is 18.8 Å². The summed E-state index contributed by atoms with van der Waals surface area (Å²) in [6.45, 7) is 8.14. The van der Waals surface area contributed by atoms with Gasteiger partial charge in [-0.25, -0.2) is 4.39 Å². The van der Waals surface area contributed by atoms with Crippen LogP contribution in [0.3, 0.4) is 0 Å². The lowest BCUT2D eigenvalue weighted by atomic mass is 10.1. The fraction of sp³-hybridized carbons (Fsp3) is 0.550. The Morgan fingerprint density at radius 1 is 1.11 bits per heavy atom. The average molecular weight is 392 g/mol. The highest BCUT2D eigenvalue weighted by Crippen LogP contribution is 2.10. The number of benzene rings is 1. The summed E-state index contributed by atoms with van der Waals surface area (Å²) in [4.78, 5) is 41.7. The highest BCUT2D eigenvalue weighted by molar-refractivity contribution is 5.96. The van der Waals surface area contributed by atoms with E-state index >= 15 is 0 Å². The van der Waals surface area contributed by atoms with Crippen molar-refractivity contribution in [2.24, 2.45) is 0 Å². The van der Waals surface area contributed by atoms with Gasteiger partial charge in [-0.05, 0) is 32.9 Å². The first-order valence-corrected chi connectivity index (χ1v) is 9.38. The Bertz CT molecular complexity index is 724. The van der Waals surface area contributed by atoms with E-state index in [4.69, 9.17) is 0 Å². The van der Waals surface area contributed by atoms with E-state index in [1.165, 1.54) is 30.1 Å². The van der Waals surface area contributed by atoms with E-state index in [1.807, 2.05) is 25.7 Å². The topological polar surface area (TPSA) is 73.0 Å². The molecule has 28 heavy (non-hydrogen) atoms. The van der Waals surface area contributed by atoms with Crippen molar-refractivity contribution in [3.8, 4) is 0 Å². The molecule has 0 aromatic heterocycles. The van der Waals surface area contributed by atoms with E-state index in [-0.39, 0.29) is 29.5 Å². The van der Waals surface area contributed by atoms with Gasteiger partial charge in [-0.2, -0.15) is 0 Å². The third kappa shape index (κ3) is 6.30. The van der Waals surface area contributed by atoms with Crippen LogP contribution in [-0.2, 0) is 9.59 Å². The maximum atomic E-state index is 13.8. The maximum absolute atomic E-state index is 13.8. The van der Waals surface area contributed by atoms with Gasteiger partial charge in [-0.1, -0.05) is 12.1 Å². The first-order chi connectivity index (χ1) is 13.1. The fourth-order valence-electron chi connectivity index (χ4n) is 3.03. The lowest BCUT2D eigenvalue weighted by Crippen LogP contribution is -2.54. The van der Waals surface area contributed by atoms with Gasteiger partial charge in [0.15, 0.2) is 0 Å². The third-order valence-corrected chi connectivity index (χ3v) is 4.43. The van der Waals surface area contributed by atoms with E-state index in [2.05, 4.69) is 5.32 Å². The normalized spacial score (nSPS) is 15.2. The molecule has 0 unspecified atom stereocenters. The van der Waals surface area contributed by atoms with Crippen LogP contribution in [0.2, 0.25) is 0 Å². The highest BCUT2D eigenvalue weighted by atomic mass is 19.1. The second-order valence-corrected chi connectivity index (χ2v) is 8.10. The molecule has 0 radical (unpaired) electrons. The van der Waals surface area contributed by atoms with Gasteiger partial charge in [-0.3, -0.25) is 19.3 Å². The molecule has 1 saturated heterocycles. The molecule has 1 aromatic rings. The minimum atomic E-state index is -0.603. The van der Waals surface area contributed by atoms with E-state index in [0.29, 0.717) is 32.7 Å². The van der Waals surface area contributed by atoms with Gasteiger partial charge in [0.25, 0.3) is 5.91 Å². The van der Waals surface area contributed by atoms with Crippen LogP contribution < -0.4 is 5.32 Å². The van der Waals surface area contributed by atoms with Gasteiger partial charge < -0.3 is 15.1 Å². The van der Waals surface area contributed by atoms with Crippen molar-refractivity contribution < 1.29 is 18.8 Å². The summed E-state index contributed by atoms with van der Waals surface area (Å²) in [5.41, 5.74) is -0.322. The van der Waals surface area contributed by atoms with Gasteiger partial charge in [0.2, 0.25) is 11.8 Å². The average Bonchev–Trinajstić information content (AvgIpc) is 2.60. The summed E-state index contributed by atoms with van der Waals surface area (Å²) in [7, 11) is 1.49. The molecule has 154 valence electrons. The summed E-state index contributed by atoms with van der Waals surface area (Å²) in [6.07, 6.45) is 0. The fourth-order valence-corrected chi connectivity index (χ4v) is 3.03. The summed E-state index contributed by atoms with van der Waals surface area (Å²) in [6, 6.07) is 5.72. The van der Waals surface area contributed by atoms with Crippen molar-refractivity contribution >= 4 is 17.7 Å². The Labute approximate surface area is 165 Å². The largest absolute Gasteiger partial charge is 0.350 e. The van der Waals surface area contributed by atoms with Gasteiger partial charge in [0.05, 0.1) is 18.7 Å². The summed E-state index contributed by atoms with van der Waals surface area (Å²) in [5, 5.41) is 2.92. The quantitative estimate of drug-likeness (QED) is 0.810. The number of rotatable bonds is 5. The van der Waals surface area contributed by atoms with Crippen molar-refractivity contribution in [3.05, 3.63) is 35.6 Å². The van der Waals surface area contributed by atoms with Crippen LogP contribution in [0.1, 0.15) is 31.1 Å². The summed E-state index contributed by atoms with van der Waals surface area (Å²) < 4.78 is 13.8. The molecule has 1 aliphatic rings. The minimum Gasteiger partial charge on any atom is -0.350 e. The molecule has 1 N–H and O–H groups in total. The first-order valence-electron chi connectivity index (χ1n) is 9.38. The second-order valence-electron chi connectivity index (χ2n) is 8.10. The van der Waals surface area contributed by atoms with Crippen molar-refractivity contribution in [1.82, 2.24) is 20.0 Å². The molecule has 0 spiro atoms. The van der Waals surface area contributed by atoms with Gasteiger partial charge >= 0.3 is 0 Å². The van der Waals surface area contributed by atoms with Crippen LogP contribution >= 0.6 is 0 Å². The number of nitrogens with zero attached hydrogens (tertiary/aromatic N) is 3. The van der Waals surface area contributed by atoms with Crippen LogP contribution in [-0.4, -0.2) is 84.3 Å². The Hall–Kier alpha value is -2.48. The number of nitrogens with one attached hydrogen (secondary N) is 1. The Kier molecular flexibility index (Phi) is 7.12. The monoisotopic (exact) mass is 392 g/mol. The Balaban J connectivity index is 1.81. The van der Waals surface area contributed by atoms with Gasteiger partial charge in [0.1, 0.15) is 5.82 Å². The number of piperazine rings is 1. The Morgan fingerprint density at radius 2 is 1.71 bits per heavy atom. The third-order valence-electron chi connectivity index (χ3n) is 4.43. The van der Waals surface area contributed by atoms with Crippen molar-refractivity contribution in [2.75, 3.05) is 46.3 Å². The molecule has 0 bridgehead atoms. The molecule has 0 atom stereocenters. The standard InChI is InChI=1S/C20H29FN4O3/c1-20(2,3)22-17(26)13-24-9-11-25(12-10-24)18(27)14-23(4)19(28)15-7-5-6-8-16(15)21/h5-8H,9-14H2,1-4H3,(H,22,26). The lowest BCUT2D eigenvalue weighted by molar-refractivity contribution is -0.133. The molecule has 1 heterocycles. The van der Waals surface area contributed by atoms with Crippen molar-refractivity contribution in [1.29, 1.82) is 0 Å². The number of carbonyl (C=O) groups is 3. The zero-order valence-electron chi connectivity index (χ0n) is 17.0. The van der Waals surface area contributed by atoms with Gasteiger partial charge in [0, 0.05) is 38.8 Å². The van der Waals surface area contributed by atoms with Crippen LogP contribution in [0.25, 0.3) is 0 Å². The number of hydrogen-bond donors (Lipinski definition) is 1. The molecular weight excluding hydrogens is 363 g/mol. The lowest BCUT2D eigenvalue weighted by Gasteiger charge is -2.35. The van der Waals surface area contributed by atoms with E-state index in [0.717, 1.165) is 0 Å². The first kappa shape index (κ1) is 21.8. The SMILES string of the molecule is CN(CC(=O)N1CCN(CC(=O)NC(C)(C)C)CC1)C(=O)c1ccccc1F. The van der Waals surface area contributed by atoms with Crippen molar-refractivity contribution in [3.63, 3.8) is 0 Å². The van der Waals surface area contributed by atoms with Crippen LogP contribution in [0.15, 0.2) is 24.3 Å². The summed E-state index contributed by atoms with van der Waals surface area (Å²) >= 11 is 0. The van der Waals surface area contributed by atoms with Crippen LogP contribution in [0.5, 0.6) is 0 Å². The zero-order chi connectivity index (χ0) is 20.9. The van der Waals surface area contributed by atoms with Crippen molar-refractivity contribution in [2.45, 2.75) is 26.3 Å². The molecule has 0 aliphatic carbocycles. The smallest absolute Gasteiger partial charge is 0.257 e. The van der Waals surface area contributed by atoms with E-state index < -0.39 is 11.7 Å². The molecule has 1 aliphatic heterocycles. The highest BCUT2D eigenvalue weighted by Gasteiger charge is 2.25. The molecule has 0 saturated carbocycles. The zero-order valence-corrected chi connectivity index (χ0v) is 17.0. The molecule has 1 aromatic carbocycles. The molecule has 1 fully saturated rings. The second kappa shape index (κ2) is 9.14. The molecule has 7 nitrogen and oxygen atoms in total. The number of carbonyl (C=O) groups excluding carboxylic acids is 3. The van der Waals surface area contributed by atoms with Gasteiger partial charge in [-0.15, -0.1) is 0 Å². The number of amides is 3. The number of hydrogen-bond acceptors (Lipinski definition) is 4. The predicted octanol–water partition coefficient (Wildman–Crippen LogP) is 0.957. The number of halogens is 1. The van der Waals surface area contributed by atoms with E-state index in [1.54, 1.807) is 11.0 Å². The molecule has 3 amide bonds. The molecular formula is C20H29FN4O3. The number of likely N-dealkylation sites (N-methyl/N-ethyl adjacent to an activating group) is 1. The maximum Gasteiger partial charge on any atom is 0.257 e. The van der Waals surface area contributed by atoms with Crippen LogP contribution in [0, 0.1) is 5.82 Å². The molecule has 8 heteroatoms.